The lowest BCUT2D eigenvalue weighted by Gasteiger charge is -2.44. The van der Waals surface area contributed by atoms with E-state index in [0.29, 0.717) is 5.92 Å². The van der Waals surface area contributed by atoms with E-state index in [0.717, 1.165) is 17.7 Å². The number of amides is 1. The number of hydrogen-bond donors (Lipinski definition) is 1. The third-order valence-electron chi connectivity index (χ3n) is 5.21. The van der Waals surface area contributed by atoms with Crippen LogP contribution in [0.25, 0.3) is 11.1 Å². The molecule has 120 valence electrons. The molecule has 23 heavy (non-hydrogen) atoms. The van der Waals surface area contributed by atoms with Crippen LogP contribution in [0, 0.1) is 12.8 Å². The summed E-state index contributed by atoms with van der Waals surface area (Å²) in [6.45, 7) is 5.40. The molecule has 3 aliphatic rings. The molecule has 1 amide bonds. The Hall–Kier alpha value is -2.14. The molecule has 1 aromatic heterocycles. The first-order chi connectivity index (χ1) is 11.2. The third-order valence-corrected chi connectivity index (χ3v) is 5.21. The summed E-state index contributed by atoms with van der Waals surface area (Å²) >= 11 is 0. The van der Waals surface area contributed by atoms with Crippen molar-refractivity contribution in [1.29, 1.82) is 0 Å². The zero-order valence-corrected chi connectivity index (χ0v) is 13.4. The molecule has 5 rings (SSSR count). The Morgan fingerprint density at radius 3 is 2.74 bits per heavy atom. The van der Waals surface area contributed by atoms with Crippen LogP contribution in [0.1, 0.15) is 18.4 Å². The number of fused-ring (bicyclic) bond motifs is 3. The minimum absolute atomic E-state index is 0.122. The normalized spacial score (nSPS) is 26.2. The molecule has 2 aromatic rings. The van der Waals surface area contributed by atoms with E-state index >= 15 is 0 Å². The van der Waals surface area contributed by atoms with Crippen molar-refractivity contribution >= 4 is 6.03 Å². The minimum atomic E-state index is -0.122. The summed E-state index contributed by atoms with van der Waals surface area (Å²) in [5.41, 5.74) is 3.28. The second-order valence-electron chi connectivity index (χ2n) is 6.68. The van der Waals surface area contributed by atoms with Gasteiger partial charge < -0.3 is 10.2 Å². The number of piperidine rings is 3. The second-order valence-corrected chi connectivity index (χ2v) is 6.68. The van der Waals surface area contributed by atoms with Gasteiger partial charge in [-0.05, 0) is 49.9 Å². The van der Waals surface area contributed by atoms with Crippen molar-refractivity contribution in [3.8, 4) is 11.1 Å². The fourth-order valence-corrected chi connectivity index (χ4v) is 3.82. The Bertz CT molecular complexity index is 715. The van der Waals surface area contributed by atoms with Gasteiger partial charge in [0.05, 0.1) is 6.20 Å². The maximum atomic E-state index is 12.5. The van der Waals surface area contributed by atoms with E-state index in [4.69, 9.17) is 0 Å². The standard InChI is InChI=1S/C18H22N4O/c1-13-4-2-3-5-16(13)15-10-19-22(11-15)18(23)20-17-12-21-8-6-14(17)7-9-21/h2-5,10-11,14,17H,6-9,12H2,1H3,(H,20,23)/t17-/m0/s1. The van der Waals surface area contributed by atoms with Gasteiger partial charge in [-0.15, -0.1) is 0 Å². The fourth-order valence-electron chi connectivity index (χ4n) is 3.82. The average molecular weight is 310 g/mol. The highest BCUT2D eigenvalue weighted by Gasteiger charge is 2.35. The van der Waals surface area contributed by atoms with Gasteiger partial charge in [0.2, 0.25) is 0 Å². The van der Waals surface area contributed by atoms with Crippen LogP contribution in [0.15, 0.2) is 36.7 Å². The highest BCUT2D eigenvalue weighted by atomic mass is 16.2. The molecular formula is C18H22N4O. The smallest absolute Gasteiger partial charge is 0.332 e. The van der Waals surface area contributed by atoms with Crippen LogP contribution >= 0.6 is 0 Å². The molecule has 3 aliphatic heterocycles. The second kappa shape index (κ2) is 5.81. The van der Waals surface area contributed by atoms with Crippen LogP contribution in [0.5, 0.6) is 0 Å². The van der Waals surface area contributed by atoms with Crippen molar-refractivity contribution in [3.63, 3.8) is 0 Å². The fraction of sp³-hybridized carbons (Fsp3) is 0.444. The van der Waals surface area contributed by atoms with Gasteiger partial charge in [-0.2, -0.15) is 9.78 Å². The van der Waals surface area contributed by atoms with Gasteiger partial charge in [0, 0.05) is 24.3 Å². The van der Waals surface area contributed by atoms with E-state index in [1.54, 1.807) is 6.20 Å². The molecule has 4 heterocycles. The summed E-state index contributed by atoms with van der Waals surface area (Å²) < 4.78 is 1.43. The summed E-state index contributed by atoms with van der Waals surface area (Å²) in [6, 6.07) is 8.29. The molecule has 3 saturated heterocycles. The Kier molecular flexibility index (Phi) is 3.65. The molecule has 1 atom stereocenters. The molecule has 1 N–H and O–H groups in total. The molecule has 0 aliphatic carbocycles. The molecule has 0 unspecified atom stereocenters. The Morgan fingerprint density at radius 1 is 1.26 bits per heavy atom. The van der Waals surface area contributed by atoms with Crippen molar-refractivity contribution in [2.75, 3.05) is 19.6 Å². The van der Waals surface area contributed by atoms with Crippen LogP contribution in [0.3, 0.4) is 0 Å². The van der Waals surface area contributed by atoms with Crippen molar-refractivity contribution in [2.45, 2.75) is 25.8 Å². The Balaban J connectivity index is 1.48. The maximum Gasteiger partial charge on any atom is 0.342 e. The molecule has 5 heteroatoms. The number of hydrogen-bond acceptors (Lipinski definition) is 3. The van der Waals surface area contributed by atoms with Crippen molar-refractivity contribution in [1.82, 2.24) is 20.0 Å². The van der Waals surface area contributed by atoms with E-state index in [1.807, 2.05) is 18.3 Å². The SMILES string of the molecule is Cc1ccccc1-c1cnn(C(=O)N[C@H]2CN3CCC2CC3)c1. The molecule has 2 bridgehead atoms. The lowest BCUT2D eigenvalue weighted by Crippen LogP contribution is -2.57. The average Bonchev–Trinajstić information content (AvgIpc) is 3.06. The van der Waals surface area contributed by atoms with E-state index in [2.05, 4.69) is 34.4 Å². The third kappa shape index (κ3) is 2.77. The molecule has 1 aromatic carbocycles. The van der Waals surface area contributed by atoms with Crippen LogP contribution in [-0.4, -0.2) is 46.4 Å². The number of aromatic nitrogens is 2. The van der Waals surface area contributed by atoms with Gasteiger partial charge in [-0.3, -0.25) is 0 Å². The predicted octanol–water partition coefficient (Wildman–Crippen LogP) is 2.51. The largest absolute Gasteiger partial charge is 0.342 e. The predicted molar refractivity (Wildman–Crippen MR) is 89.3 cm³/mol. The first-order valence-electron chi connectivity index (χ1n) is 8.34. The number of aryl methyl sites for hydroxylation is 1. The van der Waals surface area contributed by atoms with Crippen molar-refractivity contribution in [2.24, 2.45) is 5.92 Å². The summed E-state index contributed by atoms with van der Waals surface area (Å²) in [6.07, 6.45) is 5.97. The first-order valence-corrected chi connectivity index (χ1v) is 8.34. The number of nitrogens with zero attached hydrogens (tertiary/aromatic N) is 3. The highest BCUT2D eigenvalue weighted by Crippen LogP contribution is 2.27. The van der Waals surface area contributed by atoms with E-state index in [1.165, 1.54) is 36.2 Å². The molecule has 3 fully saturated rings. The van der Waals surface area contributed by atoms with E-state index < -0.39 is 0 Å². The summed E-state index contributed by atoms with van der Waals surface area (Å²) in [5, 5.41) is 7.42. The van der Waals surface area contributed by atoms with Crippen LogP contribution < -0.4 is 5.32 Å². The van der Waals surface area contributed by atoms with Gasteiger partial charge in [0.25, 0.3) is 0 Å². The van der Waals surface area contributed by atoms with Crippen molar-refractivity contribution in [3.05, 3.63) is 42.2 Å². The monoisotopic (exact) mass is 310 g/mol. The zero-order valence-electron chi connectivity index (χ0n) is 13.4. The molecule has 5 nitrogen and oxygen atoms in total. The van der Waals surface area contributed by atoms with Gasteiger partial charge in [-0.25, -0.2) is 4.79 Å². The minimum Gasteiger partial charge on any atom is -0.332 e. The van der Waals surface area contributed by atoms with E-state index in [-0.39, 0.29) is 12.1 Å². The zero-order chi connectivity index (χ0) is 15.8. The topological polar surface area (TPSA) is 50.2 Å². The van der Waals surface area contributed by atoms with Crippen LogP contribution in [-0.2, 0) is 0 Å². The van der Waals surface area contributed by atoms with Gasteiger partial charge in [-0.1, -0.05) is 24.3 Å². The summed E-state index contributed by atoms with van der Waals surface area (Å²) in [7, 11) is 0. The number of carbonyl (C=O) groups excluding carboxylic acids is 1. The van der Waals surface area contributed by atoms with Gasteiger partial charge in [0.15, 0.2) is 0 Å². The van der Waals surface area contributed by atoms with Crippen LogP contribution in [0.4, 0.5) is 4.79 Å². The van der Waals surface area contributed by atoms with Crippen molar-refractivity contribution < 1.29 is 4.79 Å². The van der Waals surface area contributed by atoms with E-state index in [9.17, 15) is 4.79 Å². The molecular weight excluding hydrogens is 288 g/mol. The highest BCUT2D eigenvalue weighted by molar-refractivity contribution is 5.78. The number of nitrogens with one attached hydrogen (secondary N) is 1. The first kappa shape index (κ1) is 14.5. The van der Waals surface area contributed by atoms with Gasteiger partial charge in [0.1, 0.15) is 0 Å². The summed E-state index contributed by atoms with van der Waals surface area (Å²) in [4.78, 5) is 14.9. The summed E-state index contributed by atoms with van der Waals surface area (Å²) in [5.74, 6) is 0.621. The number of carbonyl (C=O) groups is 1. The van der Waals surface area contributed by atoms with Gasteiger partial charge >= 0.3 is 6.03 Å². The Morgan fingerprint density at radius 2 is 2.04 bits per heavy atom. The number of rotatable bonds is 2. The lowest BCUT2D eigenvalue weighted by atomic mass is 9.84. The molecule has 0 saturated carbocycles. The number of benzene rings is 1. The Labute approximate surface area is 136 Å². The molecule has 0 spiro atoms. The van der Waals surface area contributed by atoms with Crippen LogP contribution in [0.2, 0.25) is 0 Å². The quantitative estimate of drug-likeness (QED) is 0.927. The maximum absolute atomic E-state index is 12.5. The molecule has 0 radical (unpaired) electrons. The lowest BCUT2D eigenvalue weighted by molar-refractivity contribution is 0.0765.